The number of hydrogen-bond donors (Lipinski definition) is 2. The zero-order valence-electron chi connectivity index (χ0n) is 11.6. The SMILES string of the molecule is CCC(N)C(Sc1n[nH]c(=O)n1CC)c1ccccn1. The van der Waals surface area contributed by atoms with Gasteiger partial charge in [0.2, 0.25) is 0 Å². The summed E-state index contributed by atoms with van der Waals surface area (Å²) in [7, 11) is 0. The van der Waals surface area contributed by atoms with Crippen molar-refractivity contribution in [2.24, 2.45) is 5.73 Å². The highest BCUT2D eigenvalue weighted by atomic mass is 32.2. The normalized spacial score (nSPS) is 14.2. The molecule has 2 aromatic heterocycles. The van der Waals surface area contributed by atoms with Crippen molar-refractivity contribution >= 4 is 11.8 Å². The average Bonchev–Trinajstić information content (AvgIpc) is 2.84. The lowest BCUT2D eigenvalue weighted by molar-refractivity contribution is 0.614. The van der Waals surface area contributed by atoms with Gasteiger partial charge in [0.05, 0.1) is 10.9 Å². The average molecular weight is 293 g/mol. The maximum atomic E-state index is 11.6. The maximum Gasteiger partial charge on any atom is 0.343 e. The Morgan fingerprint density at radius 2 is 2.25 bits per heavy atom. The number of aromatic amines is 1. The molecular formula is C13H19N5OS. The molecule has 0 amide bonds. The van der Waals surface area contributed by atoms with Crippen molar-refractivity contribution in [3.63, 3.8) is 0 Å². The van der Waals surface area contributed by atoms with E-state index >= 15 is 0 Å². The number of thioether (sulfide) groups is 1. The van der Waals surface area contributed by atoms with Gasteiger partial charge in [-0.1, -0.05) is 24.8 Å². The van der Waals surface area contributed by atoms with E-state index in [9.17, 15) is 4.79 Å². The van der Waals surface area contributed by atoms with Crippen molar-refractivity contribution in [1.29, 1.82) is 0 Å². The summed E-state index contributed by atoms with van der Waals surface area (Å²) in [6, 6.07) is 5.72. The molecule has 0 bridgehead atoms. The number of pyridine rings is 1. The molecule has 20 heavy (non-hydrogen) atoms. The molecule has 2 atom stereocenters. The van der Waals surface area contributed by atoms with Crippen LogP contribution < -0.4 is 11.4 Å². The van der Waals surface area contributed by atoms with Gasteiger partial charge in [0.1, 0.15) is 0 Å². The van der Waals surface area contributed by atoms with E-state index in [4.69, 9.17) is 5.73 Å². The lowest BCUT2D eigenvalue weighted by atomic mass is 10.1. The molecule has 7 heteroatoms. The van der Waals surface area contributed by atoms with Crippen molar-refractivity contribution < 1.29 is 0 Å². The summed E-state index contributed by atoms with van der Waals surface area (Å²) in [6.45, 7) is 4.53. The van der Waals surface area contributed by atoms with Crippen LogP contribution in [0.1, 0.15) is 31.2 Å². The van der Waals surface area contributed by atoms with Crippen LogP contribution in [0.5, 0.6) is 0 Å². The number of nitrogens with two attached hydrogens (primary N) is 1. The van der Waals surface area contributed by atoms with Crippen LogP contribution in [0.3, 0.4) is 0 Å². The maximum absolute atomic E-state index is 11.6. The molecule has 3 N–H and O–H groups in total. The fourth-order valence-electron chi connectivity index (χ4n) is 1.91. The van der Waals surface area contributed by atoms with Gasteiger partial charge in [-0.05, 0) is 25.5 Å². The van der Waals surface area contributed by atoms with Gasteiger partial charge in [0, 0.05) is 18.8 Å². The summed E-state index contributed by atoms with van der Waals surface area (Å²) in [4.78, 5) is 16.0. The number of rotatable bonds is 6. The Morgan fingerprint density at radius 3 is 2.85 bits per heavy atom. The molecule has 0 aliphatic carbocycles. The van der Waals surface area contributed by atoms with Crippen LogP contribution in [-0.2, 0) is 6.54 Å². The molecule has 2 heterocycles. The first-order valence-corrected chi connectivity index (χ1v) is 7.53. The Hall–Kier alpha value is -1.60. The molecule has 0 radical (unpaired) electrons. The van der Waals surface area contributed by atoms with Crippen molar-refractivity contribution in [1.82, 2.24) is 19.7 Å². The fraction of sp³-hybridized carbons (Fsp3) is 0.462. The van der Waals surface area contributed by atoms with E-state index in [1.807, 2.05) is 32.0 Å². The predicted molar refractivity (Wildman–Crippen MR) is 79.6 cm³/mol. The number of aromatic nitrogens is 4. The lowest BCUT2D eigenvalue weighted by Crippen LogP contribution is -2.27. The molecule has 0 fully saturated rings. The second-order valence-electron chi connectivity index (χ2n) is 4.42. The van der Waals surface area contributed by atoms with Crippen molar-refractivity contribution in [2.75, 3.05) is 0 Å². The van der Waals surface area contributed by atoms with Gasteiger partial charge in [-0.3, -0.25) is 9.55 Å². The molecule has 2 aromatic rings. The highest BCUT2D eigenvalue weighted by Gasteiger charge is 2.23. The largest absolute Gasteiger partial charge is 0.343 e. The quantitative estimate of drug-likeness (QED) is 0.789. The minimum atomic E-state index is -0.195. The third-order valence-corrected chi connectivity index (χ3v) is 4.48. The molecule has 108 valence electrons. The van der Waals surface area contributed by atoms with Crippen molar-refractivity contribution in [3.05, 3.63) is 40.6 Å². The van der Waals surface area contributed by atoms with E-state index in [1.165, 1.54) is 11.8 Å². The first-order valence-electron chi connectivity index (χ1n) is 6.65. The number of nitrogens with one attached hydrogen (secondary N) is 1. The smallest absolute Gasteiger partial charge is 0.326 e. The van der Waals surface area contributed by atoms with Crippen molar-refractivity contribution in [2.45, 2.75) is 43.3 Å². The van der Waals surface area contributed by atoms with Crippen LogP contribution in [-0.4, -0.2) is 25.8 Å². The molecular weight excluding hydrogens is 274 g/mol. The predicted octanol–water partition coefficient (Wildman–Crippen LogP) is 1.56. The highest BCUT2D eigenvalue weighted by Crippen LogP contribution is 2.35. The van der Waals surface area contributed by atoms with Gasteiger partial charge in [-0.15, -0.1) is 5.10 Å². The van der Waals surface area contributed by atoms with Crippen LogP contribution in [0.25, 0.3) is 0 Å². The molecule has 6 nitrogen and oxygen atoms in total. The van der Waals surface area contributed by atoms with Crippen LogP contribution in [0.4, 0.5) is 0 Å². The molecule has 0 aromatic carbocycles. The van der Waals surface area contributed by atoms with Crippen LogP contribution in [0.2, 0.25) is 0 Å². The summed E-state index contributed by atoms with van der Waals surface area (Å²) in [5, 5.41) is 7.17. The van der Waals surface area contributed by atoms with E-state index in [0.29, 0.717) is 11.7 Å². The van der Waals surface area contributed by atoms with Gasteiger partial charge >= 0.3 is 5.69 Å². The van der Waals surface area contributed by atoms with Gasteiger partial charge in [0.25, 0.3) is 0 Å². The monoisotopic (exact) mass is 293 g/mol. The Bertz CT molecular complexity index is 594. The Labute approximate surface area is 121 Å². The lowest BCUT2D eigenvalue weighted by Gasteiger charge is -2.21. The fourth-order valence-corrected chi connectivity index (χ4v) is 3.20. The van der Waals surface area contributed by atoms with E-state index in [0.717, 1.165) is 12.1 Å². The number of hydrogen-bond acceptors (Lipinski definition) is 5. The van der Waals surface area contributed by atoms with Crippen LogP contribution in [0.15, 0.2) is 34.3 Å². The molecule has 0 aliphatic rings. The van der Waals surface area contributed by atoms with Gasteiger partial charge in [-0.25, -0.2) is 9.89 Å². The van der Waals surface area contributed by atoms with E-state index in [2.05, 4.69) is 15.2 Å². The number of H-pyrrole nitrogens is 1. The molecule has 0 aliphatic heterocycles. The first-order chi connectivity index (χ1) is 9.67. The molecule has 2 rings (SSSR count). The zero-order chi connectivity index (χ0) is 14.5. The minimum absolute atomic E-state index is 0.0262. The van der Waals surface area contributed by atoms with Crippen LogP contribution in [0, 0.1) is 0 Å². The summed E-state index contributed by atoms with van der Waals surface area (Å²) >= 11 is 1.48. The second-order valence-corrected chi connectivity index (χ2v) is 5.53. The molecule has 0 saturated carbocycles. The molecule has 0 spiro atoms. The Morgan fingerprint density at radius 1 is 1.45 bits per heavy atom. The van der Waals surface area contributed by atoms with Gasteiger partial charge < -0.3 is 5.73 Å². The van der Waals surface area contributed by atoms with E-state index in [-0.39, 0.29) is 17.0 Å². The summed E-state index contributed by atoms with van der Waals surface area (Å²) in [6.07, 6.45) is 2.58. The van der Waals surface area contributed by atoms with Crippen LogP contribution >= 0.6 is 11.8 Å². The second kappa shape index (κ2) is 6.71. The zero-order valence-corrected chi connectivity index (χ0v) is 12.4. The Kier molecular flexibility index (Phi) is 4.97. The first kappa shape index (κ1) is 14.8. The van der Waals surface area contributed by atoms with Gasteiger partial charge in [0.15, 0.2) is 5.16 Å². The topological polar surface area (TPSA) is 89.6 Å². The minimum Gasteiger partial charge on any atom is -0.326 e. The third kappa shape index (κ3) is 3.10. The summed E-state index contributed by atoms with van der Waals surface area (Å²) in [5.41, 5.74) is 6.92. The van der Waals surface area contributed by atoms with E-state index < -0.39 is 0 Å². The van der Waals surface area contributed by atoms with Gasteiger partial charge in [-0.2, -0.15) is 0 Å². The third-order valence-electron chi connectivity index (χ3n) is 3.11. The Balaban J connectivity index is 2.31. The standard InChI is InChI=1S/C13H19N5OS/c1-3-9(14)11(10-7-5-6-8-15-10)20-13-17-16-12(19)18(13)4-2/h5-9,11H,3-4,14H2,1-2H3,(H,16,19). The highest BCUT2D eigenvalue weighted by molar-refractivity contribution is 7.99. The molecule has 0 saturated heterocycles. The summed E-state index contributed by atoms with van der Waals surface area (Å²) < 4.78 is 1.60. The molecule has 2 unspecified atom stereocenters. The number of nitrogens with zero attached hydrogens (tertiary/aromatic N) is 3. The van der Waals surface area contributed by atoms with E-state index in [1.54, 1.807) is 10.8 Å². The van der Waals surface area contributed by atoms with Crippen molar-refractivity contribution in [3.8, 4) is 0 Å². The summed E-state index contributed by atoms with van der Waals surface area (Å²) in [5.74, 6) is 0.